The quantitative estimate of drug-likeness (QED) is 0.736. The molecule has 2 nitrogen and oxygen atoms in total. The van der Waals surface area contributed by atoms with Gasteiger partial charge in [0, 0.05) is 21.1 Å². The normalized spacial score (nSPS) is 14.9. The lowest BCUT2D eigenvalue weighted by molar-refractivity contribution is 0.0994. The van der Waals surface area contributed by atoms with Gasteiger partial charge in [-0.15, -0.1) is 0 Å². The van der Waals surface area contributed by atoms with E-state index in [1.165, 1.54) is 0 Å². The third-order valence-corrected chi connectivity index (χ3v) is 3.02. The van der Waals surface area contributed by atoms with E-state index >= 15 is 0 Å². The first-order valence-corrected chi connectivity index (χ1v) is 4.81. The average Bonchev–Trinajstić information content (AvgIpc) is 2.42. The fraction of sp³-hybridized carbons (Fsp3) is 0.222. The molecular weight excluding hydrogens is 267 g/mol. The van der Waals surface area contributed by atoms with E-state index in [0.717, 1.165) is 14.7 Å². The second kappa shape index (κ2) is 2.73. The van der Waals surface area contributed by atoms with E-state index in [0.29, 0.717) is 12.8 Å². The Morgan fingerprint density at radius 3 is 2.75 bits per heavy atom. The van der Waals surface area contributed by atoms with E-state index < -0.39 is 0 Å². The third-order valence-electron chi connectivity index (χ3n) is 2.12. The van der Waals surface area contributed by atoms with Crippen molar-refractivity contribution in [3.8, 4) is 5.75 Å². The van der Waals surface area contributed by atoms with Gasteiger partial charge in [-0.3, -0.25) is 4.79 Å². The first-order valence-electron chi connectivity index (χ1n) is 3.73. The molecule has 2 rings (SSSR count). The van der Waals surface area contributed by atoms with Gasteiger partial charge >= 0.3 is 0 Å². The van der Waals surface area contributed by atoms with Crippen LogP contribution < -0.4 is 0 Å². The molecule has 1 aromatic rings. The first-order chi connectivity index (χ1) is 5.70. The second-order valence-corrected chi connectivity index (χ2v) is 4.01. The highest BCUT2D eigenvalue weighted by Crippen LogP contribution is 2.32. The van der Waals surface area contributed by atoms with Crippen molar-refractivity contribution >= 4 is 28.4 Å². The van der Waals surface area contributed by atoms with Gasteiger partial charge in [-0.1, -0.05) is 0 Å². The largest absolute Gasteiger partial charge is 0.508 e. The van der Waals surface area contributed by atoms with Crippen LogP contribution >= 0.6 is 22.6 Å². The Morgan fingerprint density at radius 1 is 1.33 bits per heavy atom. The summed E-state index contributed by atoms with van der Waals surface area (Å²) in [5, 5.41) is 9.42. The topological polar surface area (TPSA) is 37.3 Å². The van der Waals surface area contributed by atoms with Crippen LogP contribution in [-0.2, 0) is 6.42 Å². The zero-order chi connectivity index (χ0) is 8.72. The van der Waals surface area contributed by atoms with Crippen molar-refractivity contribution in [1.82, 2.24) is 0 Å². The minimum absolute atomic E-state index is 0.158. The van der Waals surface area contributed by atoms with Crippen molar-refractivity contribution < 1.29 is 9.90 Å². The summed E-state index contributed by atoms with van der Waals surface area (Å²) in [5.41, 5.74) is 1.56. The summed E-state index contributed by atoms with van der Waals surface area (Å²) >= 11 is 2.13. The molecule has 3 heteroatoms. The van der Waals surface area contributed by atoms with Crippen LogP contribution in [0.15, 0.2) is 12.1 Å². The van der Waals surface area contributed by atoms with Gasteiger partial charge in [0.1, 0.15) is 5.75 Å². The van der Waals surface area contributed by atoms with E-state index in [1.807, 2.05) is 0 Å². The Hall–Kier alpha value is -0.580. The predicted molar refractivity (Wildman–Crippen MR) is 53.5 cm³/mol. The zero-order valence-electron chi connectivity index (χ0n) is 6.30. The van der Waals surface area contributed by atoms with Crippen LogP contribution in [0.4, 0.5) is 0 Å². The molecule has 0 fully saturated rings. The minimum Gasteiger partial charge on any atom is -0.508 e. The molecule has 1 aromatic carbocycles. The van der Waals surface area contributed by atoms with Crippen molar-refractivity contribution in [2.45, 2.75) is 12.8 Å². The Labute approximate surface area is 83.7 Å². The molecule has 0 spiro atoms. The maximum atomic E-state index is 11.3. The van der Waals surface area contributed by atoms with Gasteiger partial charge in [0.15, 0.2) is 5.78 Å². The highest BCUT2D eigenvalue weighted by atomic mass is 127. The molecule has 0 saturated carbocycles. The number of carbonyl (C=O) groups is 1. The van der Waals surface area contributed by atoms with Crippen LogP contribution in [0.25, 0.3) is 0 Å². The number of ketones is 1. The van der Waals surface area contributed by atoms with Crippen LogP contribution in [0.5, 0.6) is 5.75 Å². The summed E-state index contributed by atoms with van der Waals surface area (Å²) in [5.74, 6) is 0.418. The van der Waals surface area contributed by atoms with E-state index in [2.05, 4.69) is 22.6 Å². The molecule has 0 radical (unpaired) electrons. The van der Waals surface area contributed by atoms with Crippen molar-refractivity contribution in [3.05, 3.63) is 26.8 Å². The number of halogens is 1. The highest BCUT2D eigenvalue weighted by molar-refractivity contribution is 14.1. The first kappa shape index (κ1) is 8.04. The molecule has 62 valence electrons. The molecule has 12 heavy (non-hydrogen) atoms. The lowest BCUT2D eigenvalue weighted by Crippen LogP contribution is -1.94. The molecule has 0 aromatic heterocycles. The summed E-state index contributed by atoms with van der Waals surface area (Å²) in [4.78, 5) is 11.3. The second-order valence-electron chi connectivity index (χ2n) is 2.84. The van der Waals surface area contributed by atoms with E-state index in [4.69, 9.17) is 0 Å². The van der Waals surface area contributed by atoms with E-state index in [-0.39, 0.29) is 11.5 Å². The molecule has 1 N–H and O–H groups in total. The SMILES string of the molecule is O=C1CCc2c(O)ccc(I)c21. The zero-order valence-corrected chi connectivity index (χ0v) is 8.46. The Balaban J connectivity index is 2.72. The van der Waals surface area contributed by atoms with Gasteiger partial charge in [-0.2, -0.15) is 0 Å². The van der Waals surface area contributed by atoms with Crippen molar-refractivity contribution in [2.75, 3.05) is 0 Å². The number of carbonyl (C=O) groups excluding carboxylic acids is 1. The van der Waals surface area contributed by atoms with E-state index in [9.17, 15) is 9.90 Å². The predicted octanol–water partition coefficient (Wildman–Crippen LogP) is 2.13. The molecule has 0 unspecified atom stereocenters. The minimum atomic E-state index is 0.158. The molecule has 0 saturated heterocycles. The number of benzene rings is 1. The van der Waals surface area contributed by atoms with Crippen LogP contribution in [0.2, 0.25) is 0 Å². The molecule has 1 aliphatic rings. The standard InChI is InChI=1S/C9H7IO2/c10-6-2-4-7(11)5-1-3-8(12)9(5)6/h2,4,11H,1,3H2. The van der Waals surface area contributed by atoms with Gasteiger partial charge in [0.2, 0.25) is 0 Å². The monoisotopic (exact) mass is 274 g/mol. The lowest BCUT2D eigenvalue weighted by atomic mass is 10.1. The Kier molecular flexibility index (Phi) is 1.83. The van der Waals surface area contributed by atoms with Gasteiger partial charge in [0.05, 0.1) is 0 Å². The summed E-state index contributed by atoms with van der Waals surface area (Å²) in [7, 11) is 0. The molecule has 0 atom stereocenters. The number of aromatic hydroxyl groups is 1. The molecular formula is C9H7IO2. The highest BCUT2D eigenvalue weighted by Gasteiger charge is 2.24. The van der Waals surface area contributed by atoms with Gasteiger partial charge in [-0.25, -0.2) is 0 Å². The summed E-state index contributed by atoms with van der Waals surface area (Å²) in [6, 6.07) is 3.43. The van der Waals surface area contributed by atoms with Crippen molar-refractivity contribution in [2.24, 2.45) is 0 Å². The molecule has 0 aliphatic heterocycles. The summed E-state index contributed by atoms with van der Waals surface area (Å²) < 4.78 is 0.947. The number of phenolic OH excluding ortho intramolecular Hbond substituents is 1. The van der Waals surface area contributed by atoms with Crippen LogP contribution in [0.1, 0.15) is 22.3 Å². The number of rotatable bonds is 0. The van der Waals surface area contributed by atoms with Crippen molar-refractivity contribution in [3.63, 3.8) is 0 Å². The number of fused-ring (bicyclic) bond motifs is 1. The van der Waals surface area contributed by atoms with Crippen molar-refractivity contribution in [1.29, 1.82) is 0 Å². The Morgan fingerprint density at radius 2 is 2.08 bits per heavy atom. The number of hydrogen-bond acceptors (Lipinski definition) is 2. The number of hydrogen-bond donors (Lipinski definition) is 1. The van der Waals surface area contributed by atoms with Crippen LogP contribution in [0.3, 0.4) is 0 Å². The van der Waals surface area contributed by atoms with Gasteiger partial charge in [-0.05, 0) is 41.1 Å². The number of phenols is 1. The summed E-state index contributed by atoms with van der Waals surface area (Å²) in [6.45, 7) is 0. The van der Waals surface area contributed by atoms with Crippen LogP contribution in [-0.4, -0.2) is 10.9 Å². The van der Waals surface area contributed by atoms with E-state index in [1.54, 1.807) is 12.1 Å². The molecule has 1 aliphatic carbocycles. The maximum absolute atomic E-state index is 11.3. The van der Waals surface area contributed by atoms with Gasteiger partial charge < -0.3 is 5.11 Å². The van der Waals surface area contributed by atoms with Gasteiger partial charge in [0.25, 0.3) is 0 Å². The fourth-order valence-electron chi connectivity index (χ4n) is 1.53. The molecule has 0 heterocycles. The summed E-state index contributed by atoms with van der Waals surface area (Å²) in [6.07, 6.45) is 1.24. The molecule has 0 amide bonds. The fourth-order valence-corrected chi connectivity index (χ4v) is 2.33. The van der Waals surface area contributed by atoms with Crippen LogP contribution in [0, 0.1) is 3.57 Å². The maximum Gasteiger partial charge on any atom is 0.164 e. The average molecular weight is 274 g/mol. The lowest BCUT2D eigenvalue weighted by Gasteiger charge is -2.02. The third kappa shape index (κ3) is 1.03. The Bertz CT molecular complexity index is 358. The number of Topliss-reactive ketones (excluding diaryl/α,β-unsaturated/α-hetero) is 1. The smallest absolute Gasteiger partial charge is 0.164 e. The molecule has 0 bridgehead atoms.